The summed E-state index contributed by atoms with van der Waals surface area (Å²) < 4.78 is 11.4. The Morgan fingerprint density at radius 3 is 2.65 bits per heavy atom. The molecule has 1 N–H and O–H groups in total. The maximum Gasteiger partial charge on any atom is 0.230 e. The minimum absolute atomic E-state index is 0.0307. The number of aliphatic hydroxyl groups is 1. The number of anilines is 1. The summed E-state index contributed by atoms with van der Waals surface area (Å²) in [6.07, 6.45) is 14.0. The first-order valence-electron chi connectivity index (χ1n) is 16.6. The average molecular weight is 583 g/mol. The van der Waals surface area contributed by atoms with Gasteiger partial charge in [0.2, 0.25) is 5.91 Å². The summed E-state index contributed by atoms with van der Waals surface area (Å²) in [6.45, 7) is 2.91. The molecule has 0 saturated heterocycles. The van der Waals surface area contributed by atoms with Gasteiger partial charge in [-0.05, 0) is 118 Å². The lowest BCUT2D eigenvalue weighted by atomic mass is 9.56. The number of carbonyl (C=O) groups is 1. The van der Waals surface area contributed by atoms with Crippen LogP contribution in [0.5, 0.6) is 5.75 Å². The molecule has 4 aliphatic carbocycles. The lowest BCUT2D eigenvalue weighted by Crippen LogP contribution is -2.47. The van der Waals surface area contributed by atoms with Gasteiger partial charge in [0, 0.05) is 29.6 Å². The van der Waals surface area contributed by atoms with Gasteiger partial charge in [-0.25, -0.2) is 4.98 Å². The van der Waals surface area contributed by atoms with Crippen LogP contribution in [0.25, 0.3) is 11.3 Å². The smallest absolute Gasteiger partial charge is 0.230 e. The predicted molar refractivity (Wildman–Crippen MR) is 168 cm³/mol. The van der Waals surface area contributed by atoms with Crippen LogP contribution in [-0.2, 0) is 10.2 Å². The fourth-order valence-electron chi connectivity index (χ4n) is 8.46. The Morgan fingerprint density at radius 2 is 1.88 bits per heavy atom. The fourth-order valence-corrected chi connectivity index (χ4v) is 8.46. The summed E-state index contributed by atoms with van der Waals surface area (Å²) in [5.74, 6) is 3.54. The van der Waals surface area contributed by atoms with Gasteiger partial charge in [0.25, 0.3) is 0 Å². The number of nitrogens with zero attached hydrogens (tertiary/aromatic N) is 2. The number of aryl methyl sites for hydroxylation is 1. The van der Waals surface area contributed by atoms with Crippen LogP contribution in [0.15, 0.2) is 53.1 Å². The maximum atomic E-state index is 14.3. The Balaban J connectivity index is 1.15. The Hall–Kier alpha value is -3.12. The Labute approximate surface area is 255 Å². The molecule has 3 atom stereocenters. The Kier molecular flexibility index (Phi) is 7.83. The summed E-state index contributed by atoms with van der Waals surface area (Å²) >= 11 is 0. The first-order chi connectivity index (χ1) is 20.9. The number of aliphatic hydroxyl groups excluding tert-OH is 1. The molecular weight excluding hydrogens is 536 g/mol. The van der Waals surface area contributed by atoms with Gasteiger partial charge in [0.15, 0.2) is 5.89 Å². The molecule has 2 aromatic carbocycles. The first-order valence-corrected chi connectivity index (χ1v) is 16.6. The molecule has 3 aromatic rings. The van der Waals surface area contributed by atoms with Gasteiger partial charge in [-0.2, -0.15) is 0 Å². The first kappa shape index (κ1) is 28.6. The van der Waals surface area contributed by atoms with Crippen molar-refractivity contribution in [2.45, 2.75) is 101 Å². The number of fused-ring (bicyclic) bond motifs is 2. The number of ether oxygens (including phenoxy) is 1. The molecule has 0 spiro atoms. The number of rotatable bonds is 8. The molecule has 2 bridgehead atoms. The van der Waals surface area contributed by atoms with Crippen LogP contribution in [0.4, 0.5) is 5.69 Å². The second-order valence-corrected chi connectivity index (χ2v) is 14.0. The fraction of sp³-hybridized carbons (Fsp3) is 0.568. The summed E-state index contributed by atoms with van der Waals surface area (Å²) in [7, 11) is 1.75. The molecule has 6 heteroatoms. The molecule has 0 aliphatic heterocycles. The van der Waals surface area contributed by atoms with E-state index in [1.54, 1.807) is 13.4 Å². The second kappa shape index (κ2) is 11.8. The molecule has 1 amide bonds. The van der Waals surface area contributed by atoms with E-state index in [4.69, 9.17) is 14.1 Å². The number of hydrogen-bond donors (Lipinski definition) is 1. The quantitative estimate of drug-likeness (QED) is 0.292. The number of methoxy groups -OCH3 is 1. The molecule has 4 aliphatic rings. The molecule has 3 unspecified atom stereocenters. The zero-order valence-electron chi connectivity index (χ0n) is 25.8. The number of aromatic nitrogens is 1. The number of benzene rings is 2. The van der Waals surface area contributed by atoms with Crippen molar-refractivity contribution in [3.05, 3.63) is 65.7 Å². The van der Waals surface area contributed by atoms with E-state index < -0.39 is 0 Å². The largest absolute Gasteiger partial charge is 0.496 e. The van der Waals surface area contributed by atoms with Gasteiger partial charge >= 0.3 is 0 Å². The zero-order chi connectivity index (χ0) is 29.6. The highest BCUT2D eigenvalue weighted by Gasteiger charge is 2.45. The number of amides is 1. The monoisotopic (exact) mass is 582 g/mol. The van der Waals surface area contributed by atoms with Crippen LogP contribution in [0, 0.1) is 24.7 Å². The van der Waals surface area contributed by atoms with Gasteiger partial charge in [0.05, 0.1) is 13.2 Å². The highest BCUT2D eigenvalue weighted by molar-refractivity contribution is 5.95. The van der Waals surface area contributed by atoms with Crippen molar-refractivity contribution in [1.82, 2.24) is 4.98 Å². The van der Waals surface area contributed by atoms with Crippen molar-refractivity contribution >= 4 is 11.6 Å². The van der Waals surface area contributed by atoms with Crippen molar-refractivity contribution < 1.29 is 19.1 Å². The molecule has 228 valence electrons. The van der Waals surface area contributed by atoms with Crippen LogP contribution in [0.1, 0.15) is 100.0 Å². The molecular formula is C37H46N2O4. The van der Waals surface area contributed by atoms with Crippen LogP contribution >= 0.6 is 0 Å². The van der Waals surface area contributed by atoms with Gasteiger partial charge in [-0.3, -0.25) is 4.79 Å². The van der Waals surface area contributed by atoms with E-state index in [0.29, 0.717) is 30.6 Å². The molecule has 1 aromatic heterocycles. The van der Waals surface area contributed by atoms with Gasteiger partial charge in [-0.15, -0.1) is 0 Å². The third-order valence-electron chi connectivity index (χ3n) is 11.2. The van der Waals surface area contributed by atoms with E-state index in [1.807, 2.05) is 0 Å². The minimum Gasteiger partial charge on any atom is -0.496 e. The molecule has 43 heavy (non-hydrogen) atoms. The van der Waals surface area contributed by atoms with Gasteiger partial charge in [-0.1, -0.05) is 37.1 Å². The minimum atomic E-state index is -0.274. The predicted octanol–water partition coefficient (Wildman–Crippen LogP) is 7.96. The van der Waals surface area contributed by atoms with Crippen LogP contribution in [0.2, 0.25) is 0 Å². The van der Waals surface area contributed by atoms with Crippen LogP contribution < -0.4 is 9.64 Å². The topological polar surface area (TPSA) is 75.8 Å². The summed E-state index contributed by atoms with van der Waals surface area (Å²) in [5, 5.41) is 10.1. The Morgan fingerprint density at radius 1 is 1.05 bits per heavy atom. The lowest BCUT2D eigenvalue weighted by Gasteiger charge is -2.50. The molecule has 0 radical (unpaired) electrons. The lowest BCUT2D eigenvalue weighted by molar-refractivity contribution is -0.124. The van der Waals surface area contributed by atoms with Crippen LogP contribution in [0.3, 0.4) is 0 Å². The van der Waals surface area contributed by atoms with E-state index in [0.717, 1.165) is 67.2 Å². The molecule has 4 fully saturated rings. The molecule has 7 rings (SSSR count). The van der Waals surface area contributed by atoms with Crippen molar-refractivity contribution in [3.63, 3.8) is 0 Å². The van der Waals surface area contributed by atoms with Crippen molar-refractivity contribution in [2.24, 2.45) is 17.8 Å². The normalized spacial score (nSPS) is 28.8. The van der Waals surface area contributed by atoms with Gasteiger partial charge in [0.1, 0.15) is 17.7 Å². The molecule has 6 nitrogen and oxygen atoms in total. The third kappa shape index (κ3) is 5.75. The van der Waals surface area contributed by atoms with E-state index in [9.17, 15) is 9.90 Å². The van der Waals surface area contributed by atoms with Crippen molar-refractivity contribution in [1.29, 1.82) is 0 Å². The van der Waals surface area contributed by atoms with Crippen molar-refractivity contribution in [2.75, 3.05) is 18.6 Å². The molecule has 4 saturated carbocycles. The van der Waals surface area contributed by atoms with Gasteiger partial charge < -0.3 is 19.2 Å². The van der Waals surface area contributed by atoms with E-state index >= 15 is 0 Å². The number of hydrogen-bond acceptors (Lipinski definition) is 5. The van der Waals surface area contributed by atoms with E-state index in [-0.39, 0.29) is 23.3 Å². The standard InChI is InChI=1S/C37H46N2O4/c1-24-19-30(12-15-34(24)42-2)37-17-4-6-28(21-37)29(16-18-37)22-39(36(41)26-10-13-32(40)14-11-26)31-7-3-5-27(20-31)33-23-43-35(38-33)25-8-9-25/h3,5,7,12,15,19-20,23,25-26,28-29,32,40H,4,6,8-11,13-14,16-18,21-22H2,1-2H3. The van der Waals surface area contributed by atoms with E-state index in [2.05, 4.69) is 54.3 Å². The summed E-state index contributed by atoms with van der Waals surface area (Å²) in [6, 6.07) is 15.2. The average Bonchev–Trinajstić information content (AvgIpc) is 3.77. The van der Waals surface area contributed by atoms with Crippen LogP contribution in [-0.4, -0.2) is 35.8 Å². The number of carbonyl (C=O) groups excluding carboxylic acids is 1. The third-order valence-corrected chi connectivity index (χ3v) is 11.2. The molecule has 1 heterocycles. The zero-order valence-corrected chi connectivity index (χ0v) is 25.8. The van der Waals surface area contributed by atoms with Crippen molar-refractivity contribution in [3.8, 4) is 17.0 Å². The second-order valence-electron chi connectivity index (χ2n) is 14.0. The summed E-state index contributed by atoms with van der Waals surface area (Å²) in [5.41, 5.74) is 5.72. The highest BCUT2D eigenvalue weighted by Crippen LogP contribution is 2.53. The highest BCUT2D eigenvalue weighted by atomic mass is 16.5. The SMILES string of the molecule is COc1ccc(C23CCCC(C2)C(CN(C(=O)C2CCC(O)CC2)c2cccc(-c4coc(C5CC5)n4)c2)CC3)cc1C. The number of oxazole rings is 1. The maximum absolute atomic E-state index is 14.3. The van der Waals surface area contributed by atoms with E-state index in [1.165, 1.54) is 43.2 Å². The summed E-state index contributed by atoms with van der Waals surface area (Å²) in [4.78, 5) is 21.2. The Bertz CT molecular complexity index is 1450.